The van der Waals surface area contributed by atoms with Gasteiger partial charge in [0.25, 0.3) is 0 Å². The van der Waals surface area contributed by atoms with E-state index >= 15 is 0 Å². The smallest absolute Gasteiger partial charge is 0.312 e. The Morgan fingerprint density at radius 2 is 2.43 bits per heavy atom. The van der Waals surface area contributed by atoms with Gasteiger partial charge in [-0.05, 0) is 6.92 Å². The van der Waals surface area contributed by atoms with Gasteiger partial charge >= 0.3 is 5.97 Å². The van der Waals surface area contributed by atoms with E-state index in [4.69, 9.17) is 9.47 Å². The number of thiazole rings is 1. The van der Waals surface area contributed by atoms with E-state index in [-0.39, 0.29) is 12.1 Å². The summed E-state index contributed by atoms with van der Waals surface area (Å²) in [6.07, 6.45) is 0.293. The number of rotatable bonds is 4. The standard InChI is InChI=1S/C9H13NO3S/c1-4-8(11)13-7-5-14-9(10-7)6(2)12-3/h5-6H,4H2,1-3H3. The fraction of sp³-hybridized carbons (Fsp3) is 0.556. The molecule has 0 saturated heterocycles. The Balaban J connectivity index is 2.63. The molecule has 14 heavy (non-hydrogen) atoms. The molecule has 1 aromatic rings. The molecule has 0 aliphatic rings. The summed E-state index contributed by atoms with van der Waals surface area (Å²) in [5.74, 6) is 0.0904. The van der Waals surface area contributed by atoms with Crippen molar-refractivity contribution in [2.45, 2.75) is 26.4 Å². The first kappa shape index (κ1) is 11.1. The maximum atomic E-state index is 10.9. The van der Waals surface area contributed by atoms with Gasteiger partial charge in [-0.3, -0.25) is 4.79 Å². The quantitative estimate of drug-likeness (QED) is 0.722. The molecule has 1 heterocycles. The number of carbonyl (C=O) groups excluding carboxylic acids is 1. The molecule has 0 aliphatic carbocycles. The molecule has 78 valence electrons. The SMILES string of the molecule is CCC(=O)Oc1csc(C(C)OC)n1. The molecule has 0 bridgehead atoms. The number of nitrogens with zero attached hydrogens (tertiary/aromatic N) is 1. The highest BCUT2D eigenvalue weighted by molar-refractivity contribution is 7.09. The van der Waals surface area contributed by atoms with E-state index in [9.17, 15) is 4.79 Å². The highest BCUT2D eigenvalue weighted by Gasteiger charge is 2.11. The summed E-state index contributed by atoms with van der Waals surface area (Å²) in [6.45, 7) is 3.64. The Labute approximate surface area is 86.9 Å². The Morgan fingerprint density at radius 1 is 1.71 bits per heavy atom. The topological polar surface area (TPSA) is 48.4 Å². The molecule has 0 amide bonds. The maximum Gasteiger partial charge on any atom is 0.312 e. The third-order valence-electron chi connectivity index (χ3n) is 1.71. The van der Waals surface area contributed by atoms with Crippen molar-refractivity contribution >= 4 is 17.3 Å². The summed E-state index contributed by atoms with van der Waals surface area (Å²) in [4.78, 5) is 15.1. The van der Waals surface area contributed by atoms with E-state index in [2.05, 4.69) is 4.98 Å². The number of hydrogen-bond acceptors (Lipinski definition) is 5. The molecule has 5 heteroatoms. The van der Waals surface area contributed by atoms with Gasteiger partial charge in [0.15, 0.2) is 0 Å². The summed E-state index contributed by atoms with van der Waals surface area (Å²) >= 11 is 1.42. The summed E-state index contributed by atoms with van der Waals surface area (Å²) in [7, 11) is 1.61. The van der Waals surface area contributed by atoms with E-state index in [0.717, 1.165) is 5.01 Å². The average Bonchev–Trinajstić information content (AvgIpc) is 2.65. The molecule has 4 nitrogen and oxygen atoms in total. The number of carbonyl (C=O) groups is 1. The second-order valence-electron chi connectivity index (χ2n) is 2.73. The highest BCUT2D eigenvalue weighted by Crippen LogP contribution is 2.24. The minimum Gasteiger partial charge on any atom is -0.407 e. The molecule has 0 N–H and O–H groups in total. The van der Waals surface area contributed by atoms with E-state index in [1.807, 2.05) is 6.92 Å². The monoisotopic (exact) mass is 215 g/mol. The van der Waals surface area contributed by atoms with Crippen molar-refractivity contribution in [3.63, 3.8) is 0 Å². The van der Waals surface area contributed by atoms with E-state index < -0.39 is 0 Å². The number of ether oxygens (including phenoxy) is 2. The van der Waals surface area contributed by atoms with Crippen molar-refractivity contribution in [3.8, 4) is 5.88 Å². The lowest BCUT2D eigenvalue weighted by Gasteiger charge is -2.03. The van der Waals surface area contributed by atoms with Crippen LogP contribution in [0.4, 0.5) is 0 Å². The number of hydrogen-bond donors (Lipinski definition) is 0. The largest absolute Gasteiger partial charge is 0.407 e. The Hall–Kier alpha value is -0.940. The molecule has 1 unspecified atom stereocenters. The van der Waals surface area contributed by atoms with Gasteiger partial charge in [-0.2, -0.15) is 0 Å². The van der Waals surface area contributed by atoms with Gasteiger partial charge in [0, 0.05) is 13.5 Å². The molecule has 1 rings (SSSR count). The second kappa shape index (κ2) is 5.07. The summed E-state index contributed by atoms with van der Waals surface area (Å²) < 4.78 is 10.0. The summed E-state index contributed by atoms with van der Waals surface area (Å²) in [5, 5.41) is 2.52. The summed E-state index contributed by atoms with van der Waals surface area (Å²) in [6, 6.07) is 0. The van der Waals surface area contributed by atoms with Crippen LogP contribution in [0.1, 0.15) is 31.4 Å². The predicted molar refractivity (Wildman–Crippen MR) is 53.5 cm³/mol. The van der Waals surface area contributed by atoms with Crippen LogP contribution in [0.5, 0.6) is 5.88 Å². The number of esters is 1. The maximum absolute atomic E-state index is 10.9. The first-order valence-corrected chi connectivity index (χ1v) is 5.24. The predicted octanol–water partition coefficient (Wildman–Crippen LogP) is 2.17. The van der Waals surface area contributed by atoms with Crippen molar-refractivity contribution in [1.29, 1.82) is 0 Å². The normalized spacial score (nSPS) is 12.5. The fourth-order valence-corrected chi connectivity index (χ4v) is 1.55. The third kappa shape index (κ3) is 2.78. The Morgan fingerprint density at radius 3 is 3.00 bits per heavy atom. The molecule has 0 aliphatic heterocycles. The van der Waals surface area contributed by atoms with Crippen molar-refractivity contribution in [2.24, 2.45) is 0 Å². The van der Waals surface area contributed by atoms with E-state index in [1.165, 1.54) is 11.3 Å². The van der Waals surface area contributed by atoms with E-state index in [0.29, 0.717) is 12.3 Å². The van der Waals surface area contributed by atoms with Crippen LogP contribution >= 0.6 is 11.3 Å². The minimum absolute atomic E-state index is 0.0610. The minimum atomic E-state index is -0.271. The molecule has 0 aromatic carbocycles. The van der Waals surface area contributed by atoms with Crippen molar-refractivity contribution in [1.82, 2.24) is 4.98 Å². The number of methoxy groups -OCH3 is 1. The lowest BCUT2D eigenvalue weighted by atomic mass is 10.4. The van der Waals surface area contributed by atoms with Gasteiger partial charge in [-0.1, -0.05) is 6.92 Å². The van der Waals surface area contributed by atoms with Crippen molar-refractivity contribution in [2.75, 3.05) is 7.11 Å². The zero-order chi connectivity index (χ0) is 10.6. The van der Waals surface area contributed by atoms with Gasteiger partial charge in [0.1, 0.15) is 11.1 Å². The molecule has 0 spiro atoms. The molecular formula is C9H13NO3S. The molecule has 1 aromatic heterocycles. The lowest BCUT2D eigenvalue weighted by molar-refractivity contribution is -0.134. The molecular weight excluding hydrogens is 202 g/mol. The van der Waals surface area contributed by atoms with Crippen LogP contribution in [0.2, 0.25) is 0 Å². The van der Waals surface area contributed by atoms with Gasteiger partial charge in [0.05, 0.1) is 5.38 Å². The van der Waals surface area contributed by atoms with Gasteiger partial charge < -0.3 is 9.47 Å². The first-order valence-electron chi connectivity index (χ1n) is 4.36. The Kier molecular flexibility index (Phi) is 4.03. The van der Waals surface area contributed by atoms with Crippen LogP contribution in [0, 0.1) is 0 Å². The zero-order valence-electron chi connectivity index (χ0n) is 8.44. The Bertz CT molecular complexity index is 311. The van der Waals surface area contributed by atoms with Crippen LogP contribution in [0.15, 0.2) is 5.38 Å². The van der Waals surface area contributed by atoms with Gasteiger partial charge in [0.2, 0.25) is 5.88 Å². The van der Waals surface area contributed by atoms with Gasteiger partial charge in [-0.15, -0.1) is 11.3 Å². The highest BCUT2D eigenvalue weighted by atomic mass is 32.1. The second-order valence-corrected chi connectivity index (χ2v) is 3.62. The van der Waals surface area contributed by atoms with Crippen LogP contribution in [0.3, 0.4) is 0 Å². The summed E-state index contributed by atoms with van der Waals surface area (Å²) in [5.41, 5.74) is 0. The van der Waals surface area contributed by atoms with Crippen LogP contribution < -0.4 is 4.74 Å². The molecule has 0 fully saturated rings. The van der Waals surface area contributed by atoms with Crippen molar-refractivity contribution in [3.05, 3.63) is 10.4 Å². The average molecular weight is 215 g/mol. The third-order valence-corrected chi connectivity index (χ3v) is 2.69. The number of aromatic nitrogens is 1. The van der Waals surface area contributed by atoms with Crippen LogP contribution in [-0.2, 0) is 9.53 Å². The fourth-order valence-electron chi connectivity index (χ4n) is 0.795. The zero-order valence-corrected chi connectivity index (χ0v) is 9.26. The molecule has 0 saturated carbocycles. The van der Waals surface area contributed by atoms with Crippen LogP contribution in [0.25, 0.3) is 0 Å². The van der Waals surface area contributed by atoms with Crippen LogP contribution in [-0.4, -0.2) is 18.1 Å². The first-order chi connectivity index (χ1) is 6.67. The van der Waals surface area contributed by atoms with Gasteiger partial charge in [-0.25, -0.2) is 4.98 Å². The molecule has 0 radical (unpaired) electrons. The molecule has 1 atom stereocenters. The van der Waals surface area contributed by atoms with Crippen molar-refractivity contribution < 1.29 is 14.3 Å². The lowest BCUT2D eigenvalue weighted by Crippen LogP contribution is -2.06. The van der Waals surface area contributed by atoms with E-state index in [1.54, 1.807) is 19.4 Å².